The number of hydrogen-bond acceptors (Lipinski definition) is 3. The maximum Gasteiger partial charge on any atom is 0.115 e. The van der Waals surface area contributed by atoms with Crippen molar-refractivity contribution in [2.24, 2.45) is 0 Å². The zero-order valence-electron chi connectivity index (χ0n) is 9.38. The second kappa shape index (κ2) is 4.37. The number of phenols is 1. The van der Waals surface area contributed by atoms with Crippen LogP contribution in [0, 0.1) is 0 Å². The molecule has 2 N–H and O–H groups in total. The predicted octanol–water partition coefficient (Wildman–Crippen LogP) is 1.86. The fourth-order valence-corrected chi connectivity index (χ4v) is 1.47. The van der Waals surface area contributed by atoms with Crippen molar-refractivity contribution in [3.05, 3.63) is 42.2 Å². The van der Waals surface area contributed by atoms with Crippen LogP contribution in [-0.4, -0.2) is 21.9 Å². The summed E-state index contributed by atoms with van der Waals surface area (Å²) in [6, 6.07) is 7.24. The van der Waals surface area contributed by atoms with Crippen LogP contribution in [0.5, 0.6) is 5.75 Å². The van der Waals surface area contributed by atoms with Crippen molar-refractivity contribution in [3.63, 3.8) is 0 Å². The Balaban J connectivity index is 2.28. The van der Waals surface area contributed by atoms with Gasteiger partial charge in [-0.15, -0.1) is 0 Å². The third-order valence-corrected chi connectivity index (χ3v) is 2.65. The molecule has 1 heterocycles. The quantitative estimate of drug-likeness (QED) is 0.825. The summed E-state index contributed by atoms with van der Waals surface area (Å²) in [6.07, 6.45) is 3.82. The fraction of sp³-hybridized carbons (Fsp3) is 0.250. The van der Waals surface area contributed by atoms with E-state index in [-0.39, 0.29) is 11.8 Å². The van der Waals surface area contributed by atoms with Crippen LogP contribution in [0.25, 0.3) is 5.69 Å². The summed E-state index contributed by atoms with van der Waals surface area (Å²) < 4.78 is 1.79. The van der Waals surface area contributed by atoms with Crippen LogP contribution in [0.15, 0.2) is 36.7 Å². The van der Waals surface area contributed by atoms with Crippen LogP contribution < -0.4 is 5.32 Å². The summed E-state index contributed by atoms with van der Waals surface area (Å²) in [4.78, 5) is 0. The molecule has 0 amide bonds. The number of nitrogens with one attached hydrogen (secondary N) is 1. The Morgan fingerprint density at radius 1 is 1.31 bits per heavy atom. The first-order valence-electron chi connectivity index (χ1n) is 5.22. The molecule has 0 aliphatic rings. The zero-order chi connectivity index (χ0) is 11.5. The third kappa shape index (κ3) is 2.06. The van der Waals surface area contributed by atoms with Gasteiger partial charge in [0.05, 0.1) is 11.9 Å². The van der Waals surface area contributed by atoms with E-state index >= 15 is 0 Å². The number of benzene rings is 1. The molecule has 0 spiro atoms. The largest absolute Gasteiger partial charge is 0.508 e. The van der Waals surface area contributed by atoms with Gasteiger partial charge in [0, 0.05) is 17.8 Å². The highest BCUT2D eigenvalue weighted by molar-refractivity contribution is 5.36. The van der Waals surface area contributed by atoms with E-state index in [4.69, 9.17) is 0 Å². The molecule has 4 nitrogen and oxygen atoms in total. The van der Waals surface area contributed by atoms with Gasteiger partial charge < -0.3 is 10.4 Å². The minimum absolute atomic E-state index is 0.264. The lowest BCUT2D eigenvalue weighted by Gasteiger charge is -2.05. The normalized spacial score (nSPS) is 12.6. The van der Waals surface area contributed by atoms with Crippen LogP contribution >= 0.6 is 0 Å². The Labute approximate surface area is 94.5 Å². The van der Waals surface area contributed by atoms with Crippen molar-refractivity contribution in [1.29, 1.82) is 0 Å². The number of hydrogen-bond donors (Lipinski definition) is 2. The Hall–Kier alpha value is -1.81. The van der Waals surface area contributed by atoms with Crippen molar-refractivity contribution >= 4 is 0 Å². The molecule has 1 aromatic carbocycles. The van der Waals surface area contributed by atoms with Crippen molar-refractivity contribution in [3.8, 4) is 11.4 Å². The molecule has 1 aromatic heterocycles. The second-order valence-electron chi connectivity index (χ2n) is 3.74. The first-order valence-corrected chi connectivity index (χ1v) is 5.22. The minimum Gasteiger partial charge on any atom is -0.508 e. The Bertz CT molecular complexity index is 461. The molecule has 0 aliphatic carbocycles. The number of rotatable bonds is 3. The van der Waals surface area contributed by atoms with Gasteiger partial charge in [-0.2, -0.15) is 5.10 Å². The lowest BCUT2D eigenvalue weighted by atomic mass is 10.2. The van der Waals surface area contributed by atoms with E-state index in [1.54, 1.807) is 16.8 Å². The summed E-state index contributed by atoms with van der Waals surface area (Å²) in [5, 5.41) is 16.6. The van der Waals surface area contributed by atoms with Gasteiger partial charge in [-0.1, -0.05) is 0 Å². The average molecular weight is 217 g/mol. The van der Waals surface area contributed by atoms with Gasteiger partial charge in [0.25, 0.3) is 0 Å². The van der Waals surface area contributed by atoms with E-state index in [0.717, 1.165) is 11.3 Å². The van der Waals surface area contributed by atoms with Crippen molar-refractivity contribution < 1.29 is 5.11 Å². The summed E-state index contributed by atoms with van der Waals surface area (Å²) in [6.45, 7) is 2.08. The molecule has 84 valence electrons. The Morgan fingerprint density at radius 2 is 2.00 bits per heavy atom. The number of aromatic nitrogens is 2. The van der Waals surface area contributed by atoms with E-state index in [9.17, 15) is 5.11 Å². The van der Waals surface area contributed by atoms with Crippen LogP contribution in [0.4, 0.5) is 0 Å². The van der Waals surface area contributed by atoms with Crippen molar-refractivity contribution in [2.75, 3.05) is 7.05 Å². The van der Waals surface area contributed by atoms with Gasteiger partial charge in [-0.25, -0.2) is 4.68 Å². The third-order valence-electron chi connectivity index (χ3n) is 2.65. The maximum atomic E-state index is 9.20. The van der Waals surface area contributed by atoms with E-state index < -0.39 is 0 Å². The molecule has 2 rings (SSSR count). The standard InChI is InChI=1S/C12H15N3O/c1-9(13-2)10-7-14-15(8-10)11-3-5-12(16)6-4-11/h3-9,13,16H,1-2H3. The maximum absolute atomic E-state index is 9.20. The first kappa shape index (κ1) is 10.7. The molecule has 1 unspecified atom stereocenters. The minimum atomic E-state index is 0.264. The number of aromatic hydroxyl groups is 1. The summed E-state index contributed by atoms with van der Waals surface area (Å²) >= 11 is 0. The van der Waals surface area contributed by atoms with Gasteiger partial charge >= 0.3 is 0 Å². The number of phenolic OH excluding ortho intramolecular Hbond substituents is 1. The zero-order valence-corrected chi connectivity index (χ0v) is 9.38. The van der Waals surface area contributed by atoms with Crippen LogP contribution in [0.2, 0.25) is 0 Å². The molecule has 0 aliphatic heterocycles. The SMILES string of the molecule is CNC(C)c1cnn(-c2ccc(O)cc2)c1. The van der Waals surface area contributed by atoms with Crippen molar-refractivity contribution in [1.82, 2.24) is 15.1 Å². The fourth-order valence-electron chi connectivity index (χ4n) is 1.47. The highest BCUT2D eigenvalue weighted by Gasteiger charge is 2.06. The van der Waals surface area contributed by atoms with Crippen LogP contribution in [0.1, 0.15) is 18.5 Å². The average Bonchev–Trinajstić information content (AvgIpc) is 2.78. The summed E-state index contributed by atoms with van der Waals surface area (Å²) in [5.74, 6) is 0.264. The highest BCUT2D eigenvalue weighted by Crippen LogP contribution is 2.16. The molecule has 0 bridgehead atoms. The lowest BCUT2D eigenvalue weighted by molar-refractivity contribution is 0.475. The van der Waals surface area contributed by atoms with E-state index in [1.807, 2.05) is 31.6 Å². The predicted molar refractivity (Wildman–Crippen MR) is 62.7 cm³/mol. The van der Waals surface area contributed by atoms with Gasteiger partial charge in [-0.05, 0) is 38.2 Å². The lowest BCUT2D eigenvalue weighted by Crippen LogP contribution is -2.11. The molecule has 0 radical (unpaired) electrons. The summed E-state index contributed by atoms with van der Waals surface area (Å²) in [5.41, 5.74) is 2.07. The molecule has 2 aromatic rings. The monoisotopic (exact) mass is 217 g/mol. The Morgan fingerprint density at radius 3 is 2.62 bits per heavy atom. The van der Waals surface area contributed by atoms with Gasteiger partial charge in [-0.3, -0.25) is 0 Å². The molecule has 16 heavy (non-hydrogen) atoms. The van der Waals surface area contributed by atoms with E-state index in [1.165, 1.54) is 0 Å². The van der Waals surface area contributed by atoms with Gasteiger partial charge in [0.2, 0.25) is 0 Å². The van der Waals surface area contributed by atoms with Crippen molar-refractivity contribution in [2.45, 2.75) is 13.0 Å². The molecule has 0 fully saturated rings. The molecular weight excluding hydrogens is 202 g/mol. The molecule has 1 atom stereocenters. The van der Waals surface area contributed by atoms with Crippen LogP contribution in [-0.2, 0) is 0 Å². The Kier molecular flexibility index (Phi) is 2.92. The smallest absolute Gasteiger partial charge is 0.115 e. The van der Waals surface area contributed by atoms with Gasteiger partial charge in [0.1, 0.15) is 5.75 Å². The second-order valence-corrected chi connectivity index (χ2v) is 3.74. The summed E-state index contributed by atoms with van der Waals surface area (Å²) in [7, 11) is 1.92. The van der Waals surface area contributed by atoms with E-state index in [0.29, 0.717) is 0 Å². The first-order chi connectivity index (χ1) is 7.70. The molecule has 0 saturated heterocycles. The molecular formula is C12H15N3O. The molecule has 4 heteroatoms. The van der Waals surface area contributed by atoms with E-state index in [2.05, 4.69) is 17.3 Å². The van der Waals surface area contributed by atoms with Crippen LogP contribution in [0.3, 0.4) is 0 Å². The topological polar surface area (TPSA) is 50.1 Å². The molecule has 0 saturated carbocycles. The highest BCUT2D eigenvalue weighted by atomic mass is 16.3. The number of nitrogens with zero attached hydrogens (tertiary/aromatic N) is 2. The van der Waals surface area contributed by atoms with Gasteiger partial charge in [0.15, 0.2) is 0 Å².